The van der Waals surface area contributed by atoms with Gasteiger partial charge in [0.2, 0.25) is 0 Å². The average Bonchev–Trinajstić information content (AvgIpc) is 3.62. The van der Waals surface area contributed by atoms with E-state index in [0.29, 0.717) is 25.7 Å². The molecule has 7 aliphatic rings. The fourth-order valence-corrected chi connectivity index (χ4v) is 13.8. The van der Waals surface area contributed by atoms with Gasteiger partial charge in [0.15, 0.2) is 18.9 Å². The van der Waals surface area contributed by atoms with Gasteiger partial charge in [-0.1, -0.05) is 55.8 Å². The van der Waals surface area contributed by atoms with Crippen molar-refractivity contribution in [3.05, 3.63) is 53.6 Å². The zero-order chi connectivity index (χ0) is 51.4. The summed E-state index contributed by atoms with van der Waals surface area (Å²) in [5.74, 6) is -3.34. The Balaban J connectivity index is 0.960. The number of fused-ring (bicyclic) bond motifs is 5. The fourth-order valence-electron chi connectivity index (χ4n) is 13.8. The second kappa shape index (κ2) is 21.2. The van der Waals surface area contributed by atoms with E-state index >= 15 is 0 Å². The first-order chi connectivity index (χ1) is 33.6. The van der Waals surface area contributed by atoms with Gasteiger partial charge in [0.05, 0.1) is 36.6 Å². The smallest absolute Gasteiger partial charge is 0.331 e. The van der Waals surface area contributed by atoms with Gasteiger partial charge in [-0.3, -0.25) is 9.59 Å². The Labute approximate surface area is 416 Å². The number of Topliss-reactive ketones (excluding diaryl/α,β-unsaturated/α-hetero) is 1. The van der Waals surface area contributed by atoms with E-state index in [1.54, 1.807) is 34.1 Å². The molecule has 396 valence electrons. The number of rotatable bonds is 14. The number of methoxy groups -OCH3 is 3. The molecule has 18 nitrogen and oxygen atoms in total. The minimum atomic E-state index is -1.91. The van der Waals surface area contributed by atoms with Crippen LogP contribution in [-0.2, 0) is 66.5 Å². The first kappa shape index (κ1) is 54.1. The summed E-state index contributed by atoms with van der Waals surface area (Å²) in [6.07, 6.45) is -5.14. The highest BCUT2D eigenvalue weighted by molar-refractivity contribution is 5.87. The van der Waals surface area contributed by atoms with Crippen LogP contribution in [0.3, 0.4) is 0 Å². The first-order valence-corrected chi connectivity index (χ1v) is 25.3. The highest BCUT2D eigenvalue weighted by Crippen LogP contribution is 2.70. The van der Waals surface area contributed by atoms with Crippen molar-refractivity contribution in [2.45, 2.75) is 209 Å². The van der Waals surface area contributed by atoms with Gasteiger partial charge in [0.1, 0.15) is 59.7 Å². The lowest BCUT2D eigenvalue weighted by Crippen LogP contribution is -2.80. The third kappa shape index (κ3) is 9.73. The summed E-state index contributed by atoms with van der Waals surface area (Å²) in [5, 5.41) is 47.7. The third-order valence-electron chi connectivity index (χ3n) is 17.5. The molecule has 18 heteroatoms. The van der Waals surface area contributed by atoms with E-state index in [0.717, 1.165) is 11.1 Å². The van der Waals surface area contributed by atoms with E-state index < -0.39 is 138 Å². The van der Waals surface area contributed by atoms with Crippen LogP contribution in [0.15, 0.2) is 48.1 Å². The number of carbonyl (C=O) groups is 3. The predicted molar refractivity (Wildman–Crippen MR) is 252 cm³/mol. The second-order valence-corrected chi connectivity index (χ2v) is 21.4. The zero-order valence-corrected chi connectivity index (χ0v) is 42.7. The first-order valence-electron chi connectivity index (χ1n) is 25.3. The molecule has 6 fully saturated rings. The molecule has 3 heterocycles. The number of hydrogen-bond acceptors (Lipinski definition) is 18. The van der Waals surface area contributed by atoms with Crippen molar-refractivity contribution in [1.29, 1.82) is 0 Å². The highest BCUT2D eigenvalue weighted by atomic mass is 16.8. The maximum Gasteiger partial charge on any atom is 0.331 e. The summed E-state index contributed by atoms with van der Waals surface area (Å²) in [7, 11) is 4.58. The number of hydrogen-bond donors (Lipinski definition) is 4. The molecular weight excluding hydrogens is 925 g/mol. The summed E-state index contributed by atoms with van der Waals surface area (Å²) in [4.78, 5) is 40.4. The van der Waals surface area contributed by atoms with E-state index in [9.17, 15) is 34.8 Å². The minimum Gasteiger partial charge on any atom is -0.458 e. The maximum atomic E-state index is 13.8. The van der Waals surface area contributed by atoms with Crippen LogP contribution in [0.2, 0.25) is 0 Å². The van der Waals surface area contributed by atoms with Crippen LogP contribution in [0, 0.1) is 22.7 Å². The van der Waals surface area contributed by atoms with Gasteiger partial charge in [0.25, 0.3) is 0 Å². The van der Waals surface area contributed by atoms with Crippen LogP contribution in [-0.4, -0.2) is 169 Å². The molecule has 0 radical (unpaired) electrons. The van der Waals surface area contributed by atoms with Crippen molar-refractivity contribution >= 4 is 23.8 Å². The summed E-state index contributed by atoms with van der Waals surface area (Å²) >= 11 is 0. The quantitative estimate of drug-likeness (QED) is 0.117. The molecule has 0 spiro atoms. The van der Waals surface area contributed by atoms with Crippen LogP contribution in [0.5, 0.6) is 0 Å². The highest BCUT2D eigenvalue weighted by Gasteiger charge is 2.80. The van der Waals surface area contributed by atoms with E-state index in [-0.39, 0.29) is 37.6 Å². The monoisotopic (exact) mass is 1000 g/mol. The normalized spacial score (nSPS) is 46.6. The Morgan fingerprint density at radius 1 is 0.732 bits per heavy atom. The standard InChI is InChI=1S/C53H76O18/c1-27(54)35-20-23-53(60)51(35,7)48(69-38(56)17-16-32-14-12-11-13-15-32)46(67-31(5)55)47-50(6)21-19-34(24-33(50)18-22-52(47,53)59)68-39-25-36(61-8)43(29(3)64-39)70-40-26-37(62-9)44(30(4)65-40)71-49-42(58)45(63-10)41(57)28(2)66-49/h11-18,28-30,34-37,39-49,57-60H,19-26H2,1-10H3/t28-,29-,30-,34+,35+,36+,37-,39+,40+,41-,42-,43-,44-,45-,46+,47-,48-,49+,50+,51+,52+,53-/m1/s1. The SMILES string of the molecule is CO[C@H]1[C@@H](O)[C@H](O[C@@H]2[C@@H](C)O[C@@H](O[C@H]3[C@@H](OC)C[C@H](O[C@H]4CC[C@@]5(C)C(=CC[C@]6(O)[C@@H]5[C@H](OC(C)=O)[C@@H](OC(=O)C=Cc5ccccc5)[C@]5(C)[C@H](C(C)=O)CC[C@@]56O)C4)O[C@@H]3C)C[C@H]2OC)O[C@H](C)[C@H]1O. The molecule has 3 saturated heterocycles. The Hall–Kier alpha value is -3.21. The van der Waals surface area contributed by atoms with Crippen LogP contribution >= 0.6 is 0 Å². The fraction of sp³-hybridized carbons (Fsp3) is 0.755. The predicted octanol–water partition coefficient (Wildman–Crippen LogP) is 4.10. The van der Waals surface area contributed by atoms with Gasteiger partial charge in [-0.05, 0) is 83.3 Å². The van der Waals surface area contributed by atoms with E-state index in [2.05, 4.69) is 0 Å². The Bertz CT molecular complexity index is 2120. The molecule has 0 bridgehead atoms. The molecule has 3 aliphatic heterocycles. The summed E-state index contributed by atoms with van der Waals surface area (Å²) < 4.78 is 68.0. The topological polar surface area (TPSA) is 234 Å². The van der Waals surface area contributed by atoms with Crippen molar-refractivity contribution in [3.8, 4) is 0 Å². The lowest BCUT2D eigenvalue weighted by Gasteiger charge is -2.68. The van der Waals surface area contributed by atoms with Crippen molar-refractivity contribution in [3.63, 3.8) is 0 Å². The zero-order valence-electron chi connectivity index (χ0n) is 42.7. The Kier molecular flexibility index (Phi) is 16.1. The third-order valence-corrected chi connectivity index (χ3v) is 17.5. The van der Waals surface area contributed by atoms with Gasteiger partial charge in [-0.15, -0.1) is 0 Å². The Morgan fingerprint density at radius 3 is 1.97 bits per heavy atom. The molecule has 1 aromatic rings. The molecular formula is C53H76O18. The van der Waals surface area contributed by atoms with Crippen LogP contribution in [0.1, 0.15) is 105 Å². The van der Waals surface area contributed by atoms with Crippen LogP contribution < -0.4 is 0 Å². The van der Waals surface area contributed by atoms with Gasteiger partial charge < -0.3 is 72.5 Å². The van der Waals surface area contributed by atoms with E-state index in [1.807, 2.05) is 57.2 Å². The number of aliphatic hydroxyl groups excluding tert-OH is 2. The lowest BCUT2D eigenvalue weighted by atomic mass is 9.42. The molecule has 4 aliphatic carbocycles. The number of ketones is 1. The molecule has 1 aromatic carbocycles. The summed E-state index contributed by atoms with van der Waals surface area (Å²) in [6.45, 7) is 11.8. The number of ether oxygens (including phenoxy) is 11. The van der Waals surface area contributed by atoms with Gasteiger partial charge >= 0.3 is 11.9 Å². The number of benzene rings is 1. The van der Waals surface area contributed by atoms with Gasteiger partial charge in [-0.25, -0.2) is 4.79 Å². The molecule has 0 amide bonds. The van der Waals surface area contributed by atoms with Gasteiger partial charge in [0, 0.05) is 64.4 Å². The van der Waals surface area contributed by atoms with Crippen molar-refractivity contribution < 1.29 is 86.9 Å². The van der Waals surface area contributed by atoms with E-state index in [1.165, 1.54) is 27.0 Å². The number of aliphatic hydroxyl groups is 4. The Morgan fingerprint density at radius 2 is 1.37 bits per heavy atom. The van der Waals surface area contributed by atoms with Gasteiger partial charge in [-0.2, -0.15) is 0 Å². The van der Waals surface area contributed by atoms with E-state index in [4.69, 9.17) is 52.1 Å². The molecule has 8 rings (SSSR count). The lowest BCUT2D eigenvalue weighted by molar-refractivity contribution is -0.352. The molecule has 3 saturated carbocycles. The second-order valence-electron chi connectivity index (χ2n) is 21.4. The molecule has 0 unspecified atom stereocenters. The number of carbonyl (C=O) groups excluding carboxylic acids is 3. The molecule has 22 atom stereocenters. The maximum absolute atomic E-state index is 13.8. The molecule has 0 aromatic heterocycles. The van der Waals surface area contributed by atoms with Crippen LogP contribution in [0.4, 0.5) is 0 Å². The van der Waals surface area contributed by atoms with Crippen LogP contribution in [0.25, 0.3) is 6.08 Å². The molecule has 4 N–H and O–H groups in total. The average molecular weight is 1000 g/mol. The molecule has 71 heavy (non-hydrogen) atoms. The summed E-state index contributed by atoms with van der Waals surface area (Å²) in [5.41, 5.74) is -4.45. The number of esters is 2. The van der Waals surface area contributed by atoms with Crippen molar-refractivity contribution in [2.24, 2.45) is 22.7 Å². The largest absolute Gasteiger partial charge is 0.458 e. The van der Waals surface area contributed by atoms with Crippen molar-refractivity contribution in [1.82, 2.24) is 0 Å². The van der Waals surface area contributed by atoms with Crippen molar-refractivity contribution in [2.75, 3.05) is 21.3 Å². The summed E-state index contributed by atoms with van der Waals surface area (Å²) in [6, 6.07) is 9.21. The minimum absolute atomic E-state index is 0.00663.